The predicted octanol–water partition coefficient (Wildman–Crippen LogP) is 13.7. The molecule has 0 aliphatic heterocycles. The highest BCUT2D eigenvalue weighted by Gasteiger charge is 2.23. The number of aryl methyl sites for hydroxylation is 4. The zero-order valence-corrected chi connectivity index (χ0v) is 35.7. The standard InChI is InChI=1S/C57H39N7/c1-34-10-21-49-44(26-34)45-27-35(2)11-22-50(45)63(49)53-25-19-42(40-17-14-38(32-58)15-18-40)31-48(53)57-61-55(41-8-6-5-7-9-41)60-56(62-57)43-20-16-39(33-59)30-54(43)64-51-23-12-36(3)28-46(51)47-29-37(4)13-24-52(47)64/h5-31H,1-4H3. The van der Waals surface area contributed by atoms with Gasteiger partial charge in [0, 0.05) is 38.2 Å². The van der Waals surface area contributed by atoms with Gasteiger partial charge >= 0.3 is 0 Å². The summed E-state index contributed by atoms with van der Waals surface area (Å²) in [6, 6.07) is 60.8. The van der Waals surface area contributed by atoms with Crippen LogP contribution in [0.4, 0.5) is 0 Å². The minimum atomic E-state index is 0.473. The van der Waals surface area contributed by atoms with Gasteiger partial charge in [0.25, 0.3) is 0 Å². The normalized spacial score (nSPS) is 11.4. The van der Waals surface area contributed by atoms with E-state index in [1.165, 1.54) is 33.0 Å². The summed E-state index contributed by atoms with van der Waals surface area (Å²) in [7, 11) is 0. The highest BCUT2D eigenvalue weighted by atomic mass is 15.1. The Morgan fingerprint density at radius 2 is 0.812 bits per heavy atom. The summed E-state index contributed by atoms with van der Waals surface area (Å²) in [6.07, 6.45) is 0. The number of aromatic nitrogens is 5. The number of fused-ring (bicyclic) bond motifs is 6. The minimum Gasteiger partial charge on any atom is -0.309 e. The summed E-state index contributed by atoms with van der Waals surface area (Å²) >= 11 is 0. The summed E-state index contributed by atoms with van der Waals surface area (Å²) in [5.41, 5.74) is 16.0. The molecule has 0 fully saturated rings. The van der Waals surface area contributed by atoms with E-state index in [-0.39, 0.29) is 0 Å². The third-order valence-corrected chi connectivity index (χ3v) is 12.3. The van der Waals surface area contributed by atoms with Crippen LogP contribution < -0.4 is 0 Å². The van der Waals surface area contributed by atoms with Crippen molar-refractivity contribution in [1.29, 1.82) is 10.5 Å². The van der Waals surface area contributed by atoms with Crippen molar-refractivity contribution < 1.29 is 0 Å². The molecule has 0 atom stereocenters. The molecular weight excluding hydrogens is 783 g/mol. The van der Waals surface area contributed by atoms with Gasteiger partial charge in [-0.2, -0.15) is 10.5 Å². The van der Waals surface area contributed by atoms with Crippen LogP contribution in [0.3, 0.4) is 0 Å². The lowest BCUT2D eigenvalue weighted by molar-refractivity contribution is 1.06. The monoisotopic (exact) mass is 821 g/mol. The lowest BCUT2D eigenvalue weighted by Crippen LogP contribution is -2.06. The molecule has 0 saturated carbocycles. The van der Waals surface area contributed by atoms with E-state index in [9.17, 15) is 10.5 Å². The molecule has 0 bridgehead atoms. The number of nitriles is 2. The average molecular weight is 822 g/mol. The summed E-state index contributed by atoms with van der Waals surface area (Å²) in [5, 5.41) is 24.6. The molecule has 0 radical (unpaired) electrons. The molecule has 8 aromatic carbocycles. The highest BCUT2D eigenvalue weighted by molar-refractivity contribution is 6.11. The van der Waals surface area contributed by atoms with Crippen molar-refractivity contribution in [2.24, 2.45) is 0 Å². The summed E-state index contributed by atoms with van der Waals surface area (Å²) in [4.78, 5) is 16.1. The third kappa shape index (κ3) is 6.38. The van der Waals surface area contributed by atoms with Gasteiger partial charge in [0.05, 0.1) is 56.7 Å². The Morgan fingerprint density at radius 3 is 1.33 bits per heavy atom. The van der Waals surface area contributed by atoms with Crippen LogP contribution in [0.25, 0.3) is 100 Å². The van der Waals surface area contributed by atoms with Crippen LogP contribution in [0.2, 0.25) is 0 Å². The van der Waals surface area contributed by atoms with Gasteiger partial charge in [0.2, 0.25) is 0 Å². The fourth-order valence-corrected chi connectivity index (χ4v) is 9.16. The first-order chi connectivity index (χ1) is 31.2. The molecule has 0 N–H and O–H groups in total. The third-order valence-electron chi connectivity index (χ3n) is 12.3. The van der Waals surface area contributed by atoms with Crippen molar-refractivity contribution in [3.05, 3.63) is 197 Å². The fraction of sp³-hybridized carbons (Fsp3) is 0.0702. The van der Waals surface area contributed by atoms with Crippen molar-refractivity contribution in [3.8, 4) is 68.8 Å². The molecule has 3 aromatic heterocycles. The van der Waals surface area contributed by atoms with E-state index in [0.29, 0.717) is 28.6 Å². The van der Waals surface area contributed by atoms with Crippen LogP contribution in [0.15, 0.2) is 164 Å². The smallest absolute Gasteiger partial charge is 0.166 e. The molecule has 0 saturated heterocycles. The Kier molecular flexibility index (Phi) is 9.01. The van der Waals surface area contributed by atoms with Crippen molar-refractivity contribution in [1.82, 2.24) is 24.1 Å². The van der Waals surface area contributed by atoms with Crippen LogP contribution in [0.1, 0.15) is 33.4 Å². The molecule has 11 rings (SSSR count). The molecule has 0 aliphatic carbocycles. The maximum atomic E-state index is 10.3. The van der Waals surface area contributed by atoms with Crippen LogP contribution in [-0.2, 0) is 0 Å². The van der Waals surface area contributed by atoms with E-state index in [1.54, 1.807) is 0 Å². The molecule has 7 nitrogen and oxygen atoms in total. The summed E-state index contributed by atoms with van der Waals surface area (Å²) in [5.74, 6) is 1.49. The Hall–Kier alpha value is -8.65. The Bertz CT molecular complexity index is 3670. The molecule has 0 unspecified atom stereocenters. The quantitative estimate of drug-likeness (QED) is 0.166. The second-order valence-electron chi connectivity index (χ2n) is 16.7. The average Bonchev–Trinajstić information content (AvgIpc) is 3.81. The summed E-state index contributed by atoms with van der Waals surface area (Å²) in [6.45, 7) is 8.49. The molecule has 0 aliphatic rings. The second kappa shape index (κ2) is 15.1. The molecular formula is C57H39N7. The second-order valence-corrected chi connectivity index (χ2v) is 16.7. The molecule has 64 heavy (non-hydrogen) atoms. The van der Waals surface area contributed by atoms with Crippen molar-refractivity contribution in [3.63, 3.8) is 0 Å². The van der Waals surface area contributed by atoms with Gasteiger partial charge in [-0.25, -0.2) is 15.0 Å². The largest absolute Gasteiger partial charge is 0.309 e. The van der Waals surface area contributed by atoms with Gasteiger partial charge in [-0.15, -0.1) is 0 Å². The zero-order chi connectivity index (χ0) is 43.6. The van der Waals surface area contributed by atoms with Crippen molar-refractivity contribution >= 4 is 43.6 Å². The van der Waals surface area contributed by atoms with Crippen LogP contribution in [0.5, 0.6) is 0 Å². The lowest BCUT2D eigenvalue weighted by Gasteiger charge is -2.18. The van der Waals surface area contributed by atoms with E-state index in [2.05, 4.69) is 140 Å². The van der Waals surface area contributed by atoms with Gasteiger partial charge in [-0.05, 0) is 130 Å². The van der Waals surface area contributed by atoms with E-state index < -0.39 is 0 Å². The van der Waals surface area contributed by atoms with Crippen LogP contribution in [0, 0.1) is 50.4 Å². The Morgan fingerprint density at radius 1 is 0.359 bits per heavy atom. The fourth-order valence-electron chi connectivity index (χ4n) is 9.16. The lowest BCUT2D eigenvalue weighted by atomic mass is 9.99. The predicted molar refractivity (Wildman–Crippen MR) is 259 cm³/mol. The molecule has 7 heteroatoms. The highest BCUT2D eigenvalue weighted by Crippen LogP contribution is 2.41. The zero-order valence-electron chi connectivity index (χ0n) is 35.7. The summed E-state index contributed by atoms with van der Waals surface area (Å²) < 4.78 is 4.56. The number of hydrogen-bond donors (Lipinski definition) is 0. The topological polar surface area (TPSA) is 96.1 Å². The van der Waals surface area contributed by atoms with E-state index in [4.69, 9.17) is 15.0 Å². The van der Waals surface area contributed by atoms with Crippen LogP contribution in [-0.4, -0.2) is 24.1 Å². The van der Waals surface area contributed by atoms with E-state index in [0.717, 1.165) is 72.0 Å². The van der Waals surface area contributed by atoms with E-state index >= 15 is 0 Å². The number of benzene rings is 8. The number of rotatable bonds is 6. The van der Waals surface area contributed by atoms with Gasteiger partial charge in [0.15, 0.2) is 17.5 Å². The molecule has 11 aromatic rings. The minimum absolute atomic E-state index is 0.473. The maximum absolute atomic E-state index is 10.3. The van der Waals surface area contributed by atoms with Crippen molar-refractivity contribution in [2.45, 2.75) is 27.7 Å². The van der Waals surface area contributed by atoms with Gasteiger partial charge in [-0.3, -0.25) is 0 Å². The molecule has 0 amide bonds. The SMILES string of the molecule is Cc1ccc2c(c1)c1cc(C)ccc1n2-c1ccc(-c2ccc(C#N)cc2)cc1-c1nc(-c2ccccc2)nc(-c2ccc(C#N)cc2-n2c3ccc(C)cc3c3cc(C)ccc32)n1. The van der Waals surface area contributed by atoms with Crippen molar-refractivity contribution in [2.75, 3.05) is 0 Å². The molecule has 3 heterocycles. The van der Waals surface area contributed by atoms with Gasteiger partial charge in [0.1, 0.15) is 0 Å². The Labute approximate surface area is 370 Å². The number of hydrogen-bond acceptors (Lipinski definition) is 5. The molecule has 302 valence electrons. The van der Waals surface area contributed by atoms with Crippen LogP contribution >= 0.6 is 0 Å². The molecule has 0 spiro atoms. The first-order valence-corrected chi connectivity index (χ1v) is 21.3. The number of nitrogens with zero attached hydrogens (tertiary/aromatic N) is 7. The van der Waals surface area contributed by atoms with E-state index in [1.807, 2.05) is 72.8 Å². The van der Waals surface area contributed by atoms with Gasteiger partial charge in [-0.1, -0.05) is 95.1 Å². The first kappa shape index (κ1) is 38.3. The maximum Gasteiger partial charge on any atom is 0.166 e. The van der Waals surface area contributed by atoms with Gasteiger partial charge < -0.3 is 9.13 Å². The Balaban J connectivity index is 1.23. The first-order valence-electron chi connectivity index (χ1n) is 21.3.